The van der Waals surface area contributed by atoms with Crippen LogP contribution in [-0.2, 0) is 19.7 Å². The third-order valence-electron chi connectivity index (χ3n) is 3.35. The van der Waals surface area contributed by atoms with E-state index in [9.17, 15) is 27.9 Å². The Labute approximate surface area is 146 Å². The van der Waals surface area contributed by atoms with Gasteiger partial charge in [-0.1, -0.05) is 39.0 Å². The Morgan fingerprint density at radius 3 is 2.04 bits per heavy atom. The Bertz CT molecular complexity index is 750. The zero-order chi connectivity index (χ0) is 19.4. The van der Waals surface area contributed by atoms with Gasteiger partial charge in [0.05, 0.1) is 5.75 Å². The molecule has 0 saturated carbocycles. The van der Waals surface area contributed by atoms with Gasteiger partial charge >= 0.3 is 5.97 Å². The minimum absolute atomic E-state index is 0.0956. The van der Waals surface area contributed by atoms with Crippen LogP contribution >= 0.6 is 0 Å². The second-order valence-electron chi connectivity index (χ2n) is 6.53. The van der Waals surface area contributed by atoms with Crippen molar-refractivity contribution >= 4 is 27.9 Å². The van der Waals surface area contributed by atoms with Gasteiger partial charge in [0.2, 0.25) is 5.91 Å². The van der Waals surface area contributed by atoms with E-state index in [1.54, 1.807) is 18.2 Å². The predicted molar refractivity (Wildman–Crippen MR) is 89.5 cm³/mol. The van der Waals surface area contributed by atoms with E-state index in [1.807, 2.05) is 0 Å². The van der Waals surface area contributed by atoms with E-state index in [2.05, 4.69) is 0 Å². The Hall–Kier alpha value is -2.26. The zero-order valence-corrected chi connectivity index (χ0v) is 15.0. The number of rotatable bonds is 6. The van der Waals surface area contributed by atoms with E-state index in [-0.39, 0.29) is 5.56 Å². The molecule has 0 aromatic heterocycles. The molecule has 2 amide bonds. The van der Waals surface area contributed by atoms with E-state index in [0.29, 0.717) is 4.90 Å². The van der Waals surface area contributed by atoms with Crippen molar-refractivity contribution in [2.24, 2.45) is 5.41 Å². The Balaban J connectivity index is 3.34. The summed E-state index contributed by atoms with van der Waals surface area (Å²) >= 11 is 0. The highest BCUT2D eigenvalue weighted by Gasteiger charge is 2.40. The smallest absolute Gasteiger partial charge is 0.326 e. The molecular formula is C16H21NO7S. The lowest BCUT2D eigenvalue weighted by molar-refractivity contribution is -0.151. The first kappa shape index (κ1) is 20.8. The van der Waals surface area contributed by atoms with Crippen LogP contribution in [0.25, 0.3) is 0 Å². The number of nitrogens with zero attached hydrogens (tertiary/aromatic N) is 1. The van der Waals surface area contributed by atoms with Gasteiger partial charge in [-0.15, -0.1) is 0 Å². The van der Waals surface area contributed by atoms with Gasteiger partial charge in [-0.05, 0) is 18.6 Å². The number of carboxylic acid groups (broad SMARTS) is 1. The second-order valence-corrected chi connectivity index (χ2v) is 8.10. The maximum atomic E-state index is 12.7. The van der Waals surface area contributed by atoms with Crippen LogP contribution in [0.1, 0.15) is 37.6 Å². The third-order valence-corrected chi connectivity index (χ3v) is 4.10. The first-order chi connectivity index (χ1) is 11.3. The minimum Gasteiger partial charge on any atom is -0.480 e. The van der Waals surface area contributed by atoms with Crippen LogP contribution in [0.5, 0.6) is 0 Å². The molecule has 8 nitrogen and oxygen atoms in total. The molecule has 9 heteroatoms. The normalized spacial score (nSPS) is 13.1. The topological polar surface area (TPSA) is 129 Å². The molecule has 0 aliphatic heterocycles. The fraction of sp³-hybridized carbons (Fsp3) is 0.438. The second kappa shape index (κ2) is 7.75. The summed E-state index contributed by atoms with van der Waals surface area (Å²) in [6.45, 7) is 4.55. The molecule has 25 heavy (non-hydrogen) atoms. The van der Waals surface area contributed by atoms with Crippen molar-refractivity contribution in [1.29, 1.82) is 0 Å². The molecule has 138 valence electrons. The molecule has 1 aromatic carbocycles. The van der Waals surface area contributed by atoms with Gasteiger partial charge in [0.25, 0.3) is 16.0 Å². The number of aliphatic carboxylic acids is 1. The molecule has 0 spiro atoms. The van der Waals surface area contributed by atoms with Gasteiger partial charge < -0.3 is 5.11 Å². The highest BCUT2D eigenvalue weighted by atomic mass is 32.2. The average molecular weight is 371 g/mol. The fourth-order valence-corrected chi connectivity index (χ4v) is 2.60. The fourth-order valence-electron chi connectivity index (χ4n) is 2.08. The van der Waals surface area contributed by atoms with Crippen LogP contribution in [0, 0.1) is 5.41 Å². The van der Waals surface area contributed by atoms with Gasteiger partial charge in [0, 0.05) is 11.0 Å². The molecule has 0 radical (unpaired) electrons. The number of amides is 2. The van der Waals surface area contributed by atoms with E-state index >= 15 is 0 Å². The molecule has 0 bridgehead atoms. The van der Waals surface area contributed by atoms with Gasteiger partial charge in [0.15, 0.2) is 0 Å². The molecule has 0 heterocycles. The van der Waals surface area contributed by atoms with Crippen LogP contribution < -0.4 is 0 Å². The summed E-state index contributed by atoms with van der Waals surface area (Å²) in [5.41, 5.74) is -0.978. The van der Waals surface area contributed by atoms with Crippen molar-refractivity contribution in [2.75, 3.05) is 5.75 Å². The van der Waals surface area contributed by atoms with Gasteiger partial charge in [-0.2, -0.15) is 8.42 Å². The number of carboxylic acids is 1. The summed E-state index contributed by atoms with van der Waals surface area (Å²) < 4.78 is 30.8. The summed E-state index contributed by atoms with van der Waals surface area (Å²) in [4.78, 5) is 37.6. The molecule has 0 fully saturated rings. The molecule has 0 aliphatic rings. The third kappa shape index (κ3) is 5.95. The lowest BCUT2D eigenvalue weighted by Gasteiger charge is -2.32. The van der Waals surface area contributed by atoms with Crippen molar-refractivity contribution in [3.05, 3.63) is 35.9 Å². The van der Waals surface area contributed by atoms with E-state index in [1.165, 1.54) is 32.9 Å². The van der Waals surface area contributed by atoms with Crippen molar-refractivity contribution in [3.8, 4) is 0 Å². The Morgan fingerprint density at radius 2 is 1.64 bits per heavy atom. The zero-order valence-electron chi connectivity index (χ0n) is 14.2. The van der Waals surface area contributed by atoms with Gasteiger partial charge in [0.1, 0.15) is 6.04 Å². The molecule has 0 saturated heterocycles. The van der Waals surface area contributed by atoms with Crippen molar-refractivity contribution in [2.45, 2.75) is 33.2 Å². The highest BCUT2D eigenvalue weighted by molar-refractivity contribution is 7.85. The number of carbonyl (C=O) groups is 3. The standard InChI is InChI=1S/C16H21NO7S/c1-16(2,3)15(21)17(13(18)11-7-5-4-6-8-11)12(14(19)20)9-10-25(22,23)24/h4-8,12H,9-10H2,1-3H3,(H,19,20)(H,22,23,24)/t12-/m0/s1. The summed E-state index contributed by atoms with van der Waals surface area (Å²) in [5.74, 6) is -4.03. The molecule has 2 N–H and O–H groups in total. The summed E-state index contributed by atoms with van der Waals surface area (Å²) in [5, 5.41) is 9.43. The van der Waals surface area contributed by atoms with Gasteiger partial charge in [-0.25, -0.2) is 4.79 Å². The molecule has 0 unspecified atom stereocenters. The van der Waals surface area contributed by atoms with Crippen LogP contribution in [-0.4, -0.2) is 52.6 Å². The van der Waals surface area contributed by atoms with Crippen molar-refractivity contribution in [1.82, 2.24) is 4.90 Å². The Kier molecular flexibility index (Phi) is 6.44. The van der Waals surface area contributed by atoms with E-state index < -0.39 is 51.5 Å². The number of imide groups is 1. The van der Waals surface area contributed by atoms with Crippen LogP contribution in [0.3, 0.4) is 0 Å². The molecule has 1 rings (SSSR count). The number of carbonyl (C=O) groups excluding carboxylic acids is 2. The highest BCUT2D eigenvalue weighted by Crippen LogP contribution is 2.23. The Morgan fingerprint density at radius 1 is 1.12 bits per heavy atom. The molecular weight excluding hydrogens is 350 g/mol. The molecule has 1 aromatic rings. The quantitative estimate of drug-likeness (QED) is 0.724. The number of hydrogen-bond donors (Lipinski definition) is 2. The molecule has 1 atom stereocenters. The summed E-state index contributed by atoms with van der Waals surface area (Å²) in [6, 6.07) is 5.89. The number of benzene rings is 1. The summed E-state index contributed by atoms with van der Waals surface area (Å²) in [6.07, 6.45) is -0.617. The summed E-state index contributed by atoms with van der Waals surface area (Å²) in [7, 11) is -4.45. The average Bonchev–Trinajstić information content (AvgIpc) is 2.48. The van der Waals surface area contributed by atoms with E-state index in [4.69, 9.17) is 4.55 Å². The SMILES string of the molecule is CC(C)(C)C(=O)N(C(=O)c1ccccc1)[C@@H](CCS(=O)(=O)O)C(=O)O. The number of hydrogen-bond acceptors (Lipinski definition) is 5. The van der Waals surface area contributed by atoms with Crippen LogP contribution in [0.2, 0.25) is 0 Å². The minimum atomic E-state index is -4.45. The maximum absolute atomic E-state index is 12.7. The van der Waals surface area contributed by atoms with Crippen molar-refractivity contribution < 1.29 is 32.5 Å². The van der Waals surface area contributed by atoms with Crippen LogP contribution in [0.15, 0.2) is 30.3 Å². The van der Waals surface area contributed by atoms with E-state index in [0.717, 1.165) is 0 Å². The largest absolute Gasteiger partial charge is 0.480 e. The lowest BCUT2D eigenvalue weighted by Crippen LogP contribution is -2.53. The lowest BCUT2D eigenvalue weighted by atomic mass is 9.93. The maximum Gasteiger partial charge on any atom is 0.326 e. The van der Waals surface area contributed by atoms with Crippen LogP contribution in [0.4, 0.5) is 0 Å². The first-order valence-electron chi connectivity index (χ1n) is 7.45. The molecule has 0 aliphatic carbocycles. The monoisotopic (exact) mass is 371 g/mol. The predicted octanol–water partition coefficient (Wildman–Crippen LogP) is 1.43. The van der Waals surface area contributed by atoms with Gasteiger partial charge in [-0.3, -0.25) is 19.0 Å². The first-order valence-corrected chi connectivity index (χ1v) is 9.06. The van der Waals surface area contributed by atoms with Crippen molar-refractivity contribution in [3.63, 3.8) is 0 Å².